The summed E-state index contributed by atoms with van der Waals surface area (Å²) in [5, 5.41) is 21.1. The number of hydrogen-bond donors (Lipinski definition) is 3. The highest BCUT2D eigenvalue weighted by atomic mass is 16.3. The Hall–Kier alpha value is -0.610. The van der Waals surface area contributed by atoms with E-state index in [1.807, 2.05) is 6.92 Å². The van der Waals surface area contributed by atoms with Gasteiger partial charge in [-0.3, -0.25) is 4.79 Å². The van der Waals surface area contributed by atoms with Crippen LogP contribution in [0.1, 0.15) is 65.2 Å². The number of amides is 1. The van der Waals surface area contributed by atoms with E-state index in [1.165, 1.54) is 0 Å². The van der Waals surface area contributed by atoms with Crippen molar-refractivity contribution in [1.29, 1.82) is 0 Å². The molecule has 4 nitrogen and oxygen atoms in total. The molecule has 0 fully saturated rings. The van der Waals surface area contributed by atoms with Crippen LogP contribution in [0.15, 0.2) is 0 Å². The van der Waals surface area contributed by atoms with Gasteiger partial charge in [-0.1, -0.05) is 26.7 Å². The Kier molecular flexibility index (Phi) is 9.98. The maximum absolute atomic E-state index is 11.7. The molecular weight excluding hydrogens is 230 g/mol. The van der Waals surface area contributed by atoms with Crippen LogP contribution in [0.25, 0.3) is 0 Å². The molecule has 0 aromatic carbocycles. The van der Waals surface area contributed by atoms with Crippen molar-refractivity contribution in [2.24, 2.45) is 0 Å². The van der Waals surface area contributed by atoms with E-state index in [0.717, 1.165) is 32.1 Å². The number of rotatable bonds is 11. The van der Waals surface area contributed by atoms with E-state index in [9.17, 15) is 4.79 Å². The lowest BCUT2D eigenvalue weighted by molar-refractivity contribution is -0.123. The zero-order valence-corrected chi connectivity index (χ0v) is 11.9. The lowest BCUT2D eigenvalue weighted by atomic mass is 9.83. The summed E-state index contributed by atoms with van der Waals surface area (Å²) in [6.45, 7) is 4.27. The van der Waals surface area contributed by atoms with Crippen molar-refractivity contribution in [2.75, 3.05) is 13.2 Å². The summed E-state index contributed by atoms with van der Waals surface area (Å²) in [4.78, 5) is 11.7. The van der Waals surface area contributed by atoms with Crippen LogP contribution in [0, 0.1) is 0 Å². The number of nitrogens with one attached hydrogen (secondary N) is 1. The molecular formula is C14H29NO3. The van der Waals surface area contributed by atoms with Crippen LogP contribution in [-0.4, -0.2) is 34.9 Å². The highest BCUT2D eigenvalue weighted by Crippen LogP contribution is 2.26. The van der Waals surface area contributed by atoms with Crippen LogP contribution in [0.4, 0.5) is 0 Å². The lowest BCUT2D eigenvalue weighted by Crippen LogP contribution is -2.48. The quantitative estimate of drug-likeness (QED) is 0.531. The van der Waals surface area contributed by atoms with Crippen molar-refractivity contribution >= 4 is 5.91 Å². The average molecular weight is 259 g/mol. The van der Waals surface area contributed by atoms with Crippen LogP contribution in [0.3, 0.4) is 0 Å². The third kappa shape index (κ3) is 6.97. The Morgan fingerprint density at radius 2 is 1.50 bits per heavy atom. The molecule has 108 valence electrons. The molecule has 0 aromatic heterocycles. The Morgan fingerprint density at radius 1 is 1.00 bits per heavy atom. The summed E-state index contributed by atoms with van der Waals surface area (Å²) in [5.74, 6) is 0.0574. The summed E-state index contributed by atoms with van der Waals surface area (Å²) in [6.07, 6.45) is 6.51. The minimum Gasteiger partial charge on any atom is -0.396 e. The van der Waals surface area contributed by atoms with Crippen LogP contribution < -0.4 is 5.32 Å². The summed E-state index contributed by atoms with van der Waals surface area (Å²) in [5.41, 5.74) is -0.242. The molecule has 1 amide bonds. The van der Waals surface area contributed by atoms with E-state index in [2.05, 4.69) is 12.2 Å². The van der Waals surface area contributed by atoms with Crippen LogP contribution in [0.2, 0.25) is 0 Å². The van der Waals surface area contributed by atoms with Gasteiger partial charge in [0.15, 0.2) is 0 Å². The van der Waals surface area contributed by atoms with Crippen LogP contribution in [-0.2, 0) is 4.79 Å². The van der Waals surface area contributed by atoms with Crippen molar-refractivity contribution in [1.82, 2.24) is 5.32 Å². The van der Waals surface area contributed by atoms with Gasteiger partial charge in [-0.25, -0.2) is 0 Å². The van der Waals surface area contributed by atoms with Gasteiger partial charge in [0, 0.05) is 25.2 Å². The molecule has 0 radical (unpaired) electrons. The Morgan fingerprint density at radius 3 is 1.89 bits per heavy atom. The Balaban J connectivity index is 4.66. The fourth-order valence-electron chi connectivity index (χ4n) is 2.30. The number of aliphatic hydroxyl groups is 2. The molecule has 4 heteroatoms. The molecule has 0 unspecified atom stereocenters. The lowest BCUT2D eigenvalue weighted by Gasteiger charge is -2.35. The maximum Gasteiger partial charge on any atom is 0.220 e. The predicted octanol–water partition coefficient (Wildman–Crippen LogP) is 1.99. The molecule has 0 aliphatic carbocycles. The molecule has 0 rings (SSSR count). The van der Waals surface area contributed by atoms with Crippen molar-refractivity contribution in [2.45, 2.75) is 70.8 Å². The van der Waals surface area contributed by atoms with Gasteiger partial charge < -0.3 is 15.5 Å². The molecule has 0 aliphatic rings. The molecule has 0 bridgehead atoms. The third-order valence-electron chi connectivity index (χ3n) is 3.36. The minimum absolute atomic E-state index is 0.0574. The number of unbranched alkanes of at least 4 members (excludes halogenated alkanes) is 1. The Labute approximate surface area is 111 Å². The van der Waals surface area contributed by atoms with Crippen LogP contribution >= 0.6 is 0 Å². The fourth-order valence-corrected chi connectivity index (χ4v) is 2.30. The van der Waals surface area contributed by atoms with Crippen molar-refractivity contribution in [3.05, 3.63) is 0 Å². The first kappa shape index (κ1) is 17.4. The molecule has 0 spiro atoms. The van der Waals surface area contributed by atoms with Crippen molar-refractivity contribution < 1.29 is 15.0 Å². The highest BCUT2D eigenvalue weighted by molar-refractivity contribution is 5.76. The first-order valence-corrected chi connectivity index (χ1v) is 7.17. The molecule has 0 saturated carbocycles. The van der Waals surface area contributed by atoms with Gasteiger partial charge in [-0.05, 0) is 32.1 Å². The predicted molar refractivity (Wildman–Crippen MR) is 73.3 cm³/mol. The highest BCUT2D eigenvalue weighted by Gasteiger charge is 2.29. The van der Waals surface area contributed by atoms with Gasteiger partial charge in [0.05, 0.1) is 0 Å². The molecule has 0 saturated heterocycles. The summed E-state index contributed by atoms with van der Waals surface area (Å²) >= 11 is 0. The average Bonchev–Trinajstić information content (AvgIpc) is 2.40. The summed E-state index contributed by atoms with van der Waals surface area (Å²) in [7, 11) is 0. The topological polar surface area (TPSA) is 69.6 Å². The molecule has 0 aromatic rings. The van der Waals surface area contributed by atoms with Crippen LogP contribution in [0.5, 0.6) is 0 Å². The second-order valence-corrected chi connectivity index (χ2v) is 4.94. The van der Waals surface area contributed by atoms with Gasteiger partial charge in [0.2, 0.25) is 5.91 Å². The number of hydrogen-bond acceptors (Lipinski definition) is 3. The fraction of sp³-hybridized carbons (Fsp3) is 0.929. The largest absolute Gasteiger partial charge is 0.396 e. The normalized spacial score (nSPS) is 11.6. The van der Waals surface area contributed by atoms with E-state index in [4.69, 9.17) is 10.2 Å². The third-order valence-corrected chi connectivity index (χ3v) is 3.36. The summed E-state index contributed by atoms with van der Waals surface area (Å²) < 4.78 is 0. The Bertz CT molecular complexity index is 197. The van der Waals surface area contributed by atoms with E-state index >= 15 is 0 Å². The SMILES string of the molecule is CCCCC(CCCO)(CCCO)NC(=O)CC. The minimum atomic E-state index is -0.242. The van der Waals surface area contributed by atoms with Gasteiger partial charge in [0.1, 0.15) is 0 Å². The van der Waals surface area contributed by atoms with E-state index < -0.39 is 0 Å². The van der Waals surface area contributed by atoms with Gasteiger partial charge in [-0.15, -0.1) is 0 Å². The van der Waals surface area contributed by atoms with Gasteiger partial charge in [0.25, 0.3) is 0 Å². The zero-order valence-electron chi connectivity index (χ0n) is 11.9. The van der Waals surface area contributed by atoms with Gasteiger partial charge >= 0.3 is 0 Å². The molecule has 0 atom stereocenters. The van der Waals surface area contributed by atoms with E-state index in [-0.39, 0.29) is 24.7 Å². The smallest absolute Gasteiger partial charge is 0.220 e. The molecule has 18 heavy (non-hydrogen) atoms. The monoisotopic (exact) mass is 259 g/mol. The summed E-state index contributed by atoms with van der Waals surface area (Å²) in [6, 6.07) is 0. The number of aliphatic hydroxyl groups excluding tert-OH is 2. The molecule has 0 heterocycles. The van der Waals surface area contributed by atoms with E-state index in [1.54, 1.807) is 0 Å². The maximum atomic E-state index is 11.7. The standard InChI is InChI=1S/C14H29NO3/c1-3-5-8-14(9-6-11-16,10-7-12-17)15-13(18)4-2/h16-17H,3-12H2,1-2H3,(H,15,18). The van der Waals surface area contributed by atoms with Crippen molar-refractivity contribution in [3.8, 4) is 0 Å². The second-order valence-electron chi connectivity index (χ2n) is 4.94. The first-order valence-electron chi connectivity index (χ1n) is 7.17. The molecule has 3 N–H and O–H groups in total. The van der Waals surface area contributed by atoms with E-state index in [0.29, 0.717) is 19.3 Å². The second kappa shape index (κ2) is 10.3. The van der Waals surface area contributed by atoms with Gasteiger partial charge in [-0.2, -0.15) is 0 Å². The zero-order chi connectivity index (χ0) is 13.9. The number of carbonyl (C=O) groups is 1. The molecule has 0 aliphatic heterocycles. The first-order chi connectivity index (χ1) is 8.64. The van der Waals surface area contributed by atoms with Crippen molar-refractivity contribution in [3.63, 3.8) is 0 Å². The number of carbonyl (C=O) groups excluding carboxylic acids is 1.